The predicted molar refractivity (Wildman–Crippen MR) is 169 cm³/mol. The fourth-order valence-electron chi connectivity index (χ4n) is 6.54. The van der Waals surface area contributed by atoms with Gasteiger partial charge in [0, 0.05) is 82.7 Å². The second-order valence-electron chi connectivity index (χ2n) is 12.4. The van der Waals surface area contributed by atoms with Gasteiger partial charge in [-0.2, -0.15) is 0 Å². The number of H-pyrrole nitrogens is 1. The van der Waals surface area contributed by atoms with Crippen molar-refractivity contribution in [2.24, 2.45) is 5.92 Å². The molecule has 1 saturated heterocycles. The van der Waals surface area contributed by atoms with E-state index >= 15 is 0 Å². The van der Waals surface area contributed by atoms with E-state index < -0.39 is 0 Å². The van der Waals surface area contributed by atoms with Crippen LogP contribution < -0.4 is 0 Å². The van der Waals surface area contributed by atoms with Crippen LogP contribution in [0.25, 0.3) is 33.5 Å². The van der Waals surface area contributed by atoms with E-state index in [0.29, 0.717) is 30.1 Å². The molecule has 0 bridgehead atoms. The summed E-state index contributed by atoms with van der Waals surface area (Å²) < 4.78 is 5.44. The largest absolute Gasteiger partial charge is 0.381 e. The first-order valence-corrected chi connectivity index (χ1v) is 15.4. The van der Waals surface area contributed by atoms with Gasteiger partial charge in [-0.25, -0.2) is 9.97 Å². The average molecular weight is 580 g/mol. The first-order valence-electron chi connectivity index (χ1n) is 15.4. The fraction of sp³-hybridized carbons (Fsp3) is 0.429. The zero-order valence-electron chi connectivity index (χ0n) is 25.7. The van der Waals surface area contributed by atoms with Crippen molar-refractivity contribution in [3.8, 4) is 22.4 Å². The van der Waals surface area contributed by atoms with E-state index in [0.717, 1.165) is 91.2 Å². The van der Waals surface area contributed by atoms with Gasteiger partial charge in [0.1, 0.15) is 11.3 Å². The molecule has 2 aliphatic rings. The Labute approximate surface area is 253 Å². The molecule has 2 aromatic heterocycles. The number of Topliss-reactive ketones (excluding diaryl/α,β-unsaturated/α-hetero) is 1. The van der Waals surface area contributed by atoms with Gasteiger partial charge in [-0.15, -0.1) is 0 Å². The predicted octanol–water partition coefficient (Wildman–Crippen LogP) is 5.74. The number of ether oxygens (including phenoxy) is 1. The standard InChI is InChI=1S/C35H41N5O3/c1-22-16-26(18-27-21-40(12-8-29(22)27)11-7-28(41)17-24-9-13-43-14-10-24)32-20-37-34-33(38-32)31(19-36-34)25-5-6-30(23(2)15-25)35(42)39(3)4/h5-6,15-16,18-20,24H,7-14,17,21H2,1-4H3,(H,36,37). The third-order valence-corrected chi connectivity index (χ3v) is 9.05. The summed E-state index contributed by atoms with van der Waals surface area (Å²) in [4.78, 5) is 42.3. The highest BCUT2D eigenvalue weighted by molar-refractivity contribution is 5.97. The highest BCUT2D eigenvalue weighted by Gasteiger charge is 2.22. The molecule has 8 heteroatoms. The van der Waals surface area contributed by atoms with Crippen molar-refractivity contribution in [2.75, 3.05) is 40.4 Å². The second kappa shape index (κ2) is 12.4. The van der Waals surface area contributed by atoms with Crippen LogP contribution in [0.2, 0.25) is 0 Å². The lowest BCUT2D eigenvalue weighted by molar-refractivity contribution is -0.121. The molecule has 1 amide bonds. The summed E-state index contributed by atoms with van der Waals surface area (Å²) in [5.41, 5.74) is 11.0. The summed E-state index contributed by atoms with van der Waals surface area (Å²) in [6, 6.07) is 10.4. The number of carbonyl (C=O) groups excluding carboxylic acids is 2. The van der Waals surface area contributed by atoms with E-state index in [1.54, 1.807) is 19.0 Å². The molecule has 2 aliphatic heterocycles. The molecular formula is C35H41N5O3. The fourth-order valence-corrected chi connectivity index (χ4v) is 6.54. The molecule has 224 valence electrons. The number of amides is 1. The number of aryl methyl sites for hydroxylation is 2. The Morgan fingerprint density at radius 2 is 1.86 bits per heavy atom. The Morgan fingerprint density at radius 1 is 1.07 bits per heavy atom. The maximum atomic E-state index is 12.7. The third kappa shape index (κ3) is 6.26. The zero-order chi connectivity index (χ0) is 30.1. The van der Waals surface area contributed by atoms with Gasteiger partial charge in [0.15, 0.2) is 5.65 Å². The van der Waals surface area contributed by atoms with Crippen LogP contribution in [-0.4, -0.2) is 76.8 Å². The number of hydrogen-bond acceptors (Lipinski definition) is 6. The zero-order valence-corrected chi connectivity index (χ0v) is 25.7. The molecule has 43 heavy (non-hydrogen) atoms. The lowest BCUT2D eigenvalue weighted by atomic mass is 9.91. The smallest absolute Gasteiger partial charge is 0.253 e. The SMILES string of the molecule is Cc1cc(-c2c[nH]c3ncc(-c4cc(C)c5c(c4)CN(CCC(=O)CC4CCOCC4)CC5)nc23)ccc1C(=O)N(C)C. The van der Waals surface area contributed by atoms with Crippen molar-refractivity contribution in [3.63, 3.8) is 0 Å². The van der Waals surface area contributed by atoms with Crippen LogP contribution in [-0.2, 0) is 22.5 Å². The maximum Gasteiger partial charge on any atom is 0.253 e. The summed E-state index contributed by atoms with van der Waals surface area (Å²) in [6.45, 7) is 8.36. The van der Waals surface area contributed by atoms with E-state index in [-0.39, 0.29) is 5.91 Å². The van der Waals surface area contributed by atoms with Crippen molar-refractivity contribution in [3.05, 3.63) is 70.5 Å². The van der Waals surface area contributed by atoms with Crippen molar-refractivity contribution in [2.45, 2.75) is 52.5 Å². The Hall–Kier alpha value is -3.88. The maximum absolute atomic E-state index is 12.7. The van der Waals surface area contributed by atoms with Crippen LogP contribution in [0.4, 0.5) is 0 Å². The lowest BCUT2D eigenvalue weighted by Gasteiger charge is -2.30. The van der Waals surface area contributed by atoms with E-state index in [1.165, 1.54) is 16.7 Å². The quantitative estimate of drug-likeness (QED) is 0.286. The minimum atomic E-state index is -0.00650. The second-order valence-corrected chi connectivity index (χ2v) is 12.4. The van der Waals surface area contributed by atoms with Crippen LogP contribution >= 0.6 is 0 Å². The van der Waals surface area contributed by atoms with Gasteiger partial charge in [-0.3, -0.25) is 14.5 Å². The van der Waals surface area contributed by atoms with Crippen LogP contribution in [0.5, 0.6) is 0 Å². The Balaban J connectivity index is 1.21. The van der Waals surface area contributed by atoms with Crippen molar-refractivity contribution in [1.29, 1.82) is 0 Å². The number of aromatic amines is 1. The van der Waals surface area contributed by atoms with Crippen LogP contribution in [0, 0.1) is 19.8 Å². The van der Waals surface area contributed by atoms with Gasteiger partial charge >= 0.3 is 0 Å². The summed E-state index contributed by atoms with van der Waals surface area (Å²) in [6.07, 6.45) is 8.10. The lowest BCUT2D eigenvalue weighted by Crippen LogP contribution is -2.33. The minimum absolute atomic E-state index is 0.00650. The van der Waals surface area contributed by atoms with E-state index in [2.05, 4.69) is 28.9 Å². The topological polar surface area (TPSA) is 91.4 Å². The summed E-state index contributed by atoms with van der Waals surface area (Å²) in [5, 5.41) is 0. The number of aromatic nitrogens is 3. The number of benzene rings is 2. The Morgan fingerprint density at radius 3 is 2.63 bits per heavy atom. The molecule has 0 spiro atoms. The monoisotopic (exact) mass is 579 g/mol. The molecule has 8 nitrogen and oxygen atoms in total. The highest BCUT2D eigenvalue weighted by Crippen LogP contribution is 2.32. The van der Waals surface area contributed by atoms with Crippen LogP contribution in [0.1, 0.15) is 58.3 Å². The molecule has 2 aromatic carbocycles. The molecule has 4 aromatic rings. The van der Waals surface area contributed by atoms with Crippen molar-refractivity contribution >= 4 is 22.9 Å². The van der Waals surface area contributed by atoms with Crippen LogP contribution in [0.15, 0.2) is 42.7 Å². The first-order chi connectivity index (χ1) is 20.8. The number of nitrogens with one attached hydrogen (secondary N) is 1. The average Bonchev–Trinajstić information content (AvgIpc) is 3.43. The van der Waals surface area contributed by atoms with Gasteiger partial charge in [0.2, 0.25) is 0 Å². The van der Waals surface area contributed by atoms with Crippen molar-refractivity contribution < 1.29 is 14.3 Å². The first kappa shape index (κ1) is 29.2. The molecule has 0 saturated carbocycles. The summed E-state index contributed by atoms with van der Waals surface area (Å²) in [5.74, 6) is 0.860. The van der Waals surface area contributed by atoms with Crippen molar-refractivity contribution in [1.82, 2.24) is 24.8 Å². The number of hydrogen-bond donors (Lipinski definition) is 1. The molecule has 4 heterocycles. The van der Waals surface area contributed by atoms with Gasteiger partial charge < -0.3 is 14.6 Å². The molecule has 1 fully saturated rings. The van der Waals surface area contributed by atoms with Gasteiger partial charge in [-0.1, -0.05) is 12.1 Å². The van der Waals surface area contributed by atoms with E-state index in [1.807, 2.05) is 37.5 Å². The van der Waals surface area contributed by atoms with E-state index in [9.17, 15) is 9.59 Å². The number of ketones is 1. The molecule has 0 atom stereocenters. The molecule has 0 unspecified atom stereocenters. The molecule has 1 N–H and O–H groups in total. The van der Waals surface area contributed by atoms with Gasteiger partial charge in [0.25, 0.3) is 5.91 Å². The third-order valence-electron chi connectivity index (χ3n) is 9.05. The summed E-state index contributed by atoms with van der Waals surface area (Å²) >= 11 is 0. The Bertz CT molecular complexity index is 1670. The summed E-state index contributed by atoms with van der Waals surface area (Å²) in [7, 11) is 3.53. The molecule has 0 radical (unpaired) electrons. The Kier molecular flexibility index (Phi) is 8.41. The van der Waals surface area contributed by atoms with Gasteiger partial charge in [0.05, 0.1) is 11.9 Å². The number of nitrogens with zero attached hydrogens (tertiary/aromatic N) is 4. The number of carbonyl (C=O) groups is 2. The van der Waals surface area contributed by atoms with Gasteiger partial charge in [-0.05, 0) is 85.0 Å². The molecule has 0 aliphatic carbocycles. The normalized spacial score (nSPS) is 15.9. The van der Waals surface area contributed by atoms with Crippen LogP contribution in [0.3, 0.4) is 0 Å². The number of fused-ring (bicyclic) bond motifs is 2. The minimum Gasteiger partial charge on any atom is -0.381 e. The van der Waals surface area contributed by atoms with E-state index in [4.69, 9.17) is 14.7 Å². The number of rotatable bonds is 8. The molecule has 6 rings (SSSR count). The molecular weight excluding hydrogens is 538 g/mol. The highest BCUT2D eigenvalue weighted by atomic mass is 16.5.